The van der Waals surface area contributed by atoms with Gasteiger partial charge in [-0.1, -0.05) is 66.7 Å². The first kappa shape index (κ1) is 13.8. The lowest BCUT2D eigenvalue weighted by Gasteiger charge is -2.06. The van der Waals surface area contributed by atoms with Gasteiger partial charge in [0.15, 0.2) is 0 Å². The summed E-state index contributed by atoms with van der Waals surface area (Å²) in [6.07, 6.45) is 0. The third-order valence-corrected chi connectivity index (χ3v) is 4.51. The Morgan fingerprint density at radius 2 is 1.13 bits per heavy atom. The molecule has 112 valence electrons. The highest BCUT2D eigenvalue weighted by Gasteiger charge is 2.18. The number of pyridine rings is 1. The maximum atomic E-state index is 2.37. The van der Waals surface area contributed by atoms with Crippen molar-refractivity contribution in [1.82, 2.24) is 4.40 Å². The predicted molar refractivity (Wildman–Crippen MR) is 97.7 cm³/mol. The van der Waals surface area contributed by atoms with Gasteiger partial charge in [0.1, 0.15) is 0 Å². The number of nitrogens with zero attached hydrogens (tertiary/aromatic N) is 1. The average molecular weight is 297 g/mol. The Bertz CT molecular complexity index is 963. The van der Waals surface area contributed by atoms with Crippen LogP contribution in [0.1, 0.15) is 11.4 Å². The van der Waals surface area contributed by atoms with E-state index >= 15 is 0 Å². The maximum Gasteiger partial charge on any atom is 0.0540 e. The molecule has 1 heteroatoms. The molecule has 4 rings (SSSR count). The Kier molecular flexibility index (Phi) is 3.27. The van der Waals surface area contributed by atoms with E-state index in [1.54, 1.807) is 0 Å². The summed E-state index contributed by atoms with van der Waals surface area (Å²) in [5, 5.41) is 0. The van der Waals surface area contributed by atoms with E-state index < -0.39 is 0 Å². The minimum Gasteiger partial charge on any atom is -0.317 e. The minimum absolute atomic E-state index is 1.26. The maximum absolute atomic E-state index is 2.37. The van der Waals surface area contributed by atoms with Crippen LogP contribution in [0.5, 0.6) is 0 Å². The molecule has 0 aliphatic rings. The van der Waals surface area contributed by atoms with Gasteiger partial charge >= 0.3 is 0 Å². The standard InChI is InChI=1S/C22H19N/c1-16-10-9-15-20-22(19-13-7-4-8-14-19)21(17(2)23(16)20)18-11-5-3-6-12-18/h3-15H,1-2H3. The van der Waals surface area contributed by atoms with Crippen molar-refractivity contribution in [3.8, 4) is 22.3 Å². The molecule has 0 N–H and O–H groups in total. The smallest absolute Gasteiger partial charge is 0.0540 e. The van der Waals surface area contributed by atoms with Crippen molar-refractivity contribution in [3.63, 3.8) is 0 Å². The van der Waals surface area contributed by atoms with Crippen molar-refractivity contribution >= 4 is 5.52 Å². The molecule has 0 aliphatic carbocycles. The van der Waals surface area contributed by atoms with Gasteiger partial charge < -0.3 is 4.40 Å². The van der Waals surface area contributed by atoms with Gasteiger partial charge in [-0.3, -0.25) is 0 Å². The van der Waals surface area contributed by atoms with Crippen molar-refractivity contribution in [2.24, 2.45) is 0 Å². The highest BCUT2D eigenvalue weighted by atomic mass is 14.9. The summed E-state index contributed by atoms with van der Waals surface area (Å²) in [6.45, 7) is 4.39. The first-order chi connectivity index (χ1) is 11.3. The largest absolute Gasteiger partial charge is 0.317 e. The third-order valence-electron chi connectivity index (χ3n) is 4.51. The molecule has 0 amide bonds. The van der Waals surface area contributed by atoms with Gasteiger partial charge in [0, 0.05) is 22.5 Å². The minimum atomic E-state index is 1.26. The Morgan fingerprint density at radius 3 is 1.74 bits per heavy atom. The Hall–Kier alpha value is -2.80. The molecule has 4 aromatic rings. The second kappa shape index (κ2) is 5.44. The first-order valence-corrected chi connectivity index (χ1v) is 7.99. The summed E-state index contributed by atoms with van der Waals surface area (Å²) in [7, 11) is 0. The molecule has 0 fully saturated rings. The summed E-state index contributed by atoms with van der Waals surface area (Å²) in [5.74, 6) is 0. The van der Waals surface area contributed by atoms with Gasteiger partial charge in [0.25, 0.3) is 0 Å². The lowest BCUT2D eigenvalue weighted by molar-refractivity contribution is 1.04. The molecule has 1 nitrogen and oxygen atoms in total. The van der Waals surface area contributed by atoms with Crippen molar-refractivity contribution < 1.29 is 0 Å². The Morgan fingerprint density at radius 1 is 0.565 bits per heavy atom. The van der Waals surface area contributed by atoms with Crippen molar-refractivity contribution in [1.29, 1.82) is 0 Å². The number of hydrogen-bond acceptors (Lipinski definition) is 0. The van der Waals surface area contributed by atoms with Crippen molar-refractivity contribution in [2.75, 3.05) is 0 Å². The Labute approximate surface area is 136 Å². The van der Waals surface area contributed by atoms with Gasteiger partial charge in [-0.25, -0.2) is 0 Å². The van der Waals surface area contributed by atoms with E-state index in [1.807, 2.05) is 0 Å². The second-order valence-electron chi connectivity index (χ2n) is 5.96. The fourth-order valence-corrected chi connectivity index (χ4v) is 3.53. The monoisotopic (exact) mass is 297 g/mol. The number of benzene rings is 2. The molecule has 0 unspecified atom stereocenters. The van der Waals surface area contributed by atoms with E-state index in [4.69, 9.17) is 0 Å². The molecule has 2 aromatic heterocycles. The highest BCUT2D eigenvalue weighted by Crippen LogP contribution is 2.40. The number of aryl methyl sites for hydroxylation is 2. The van der Waals surface area contributed by atoms with E-state index in [0.717, 1.165) is 0 Å². The van der Waals surface area contributed by atoms with Crippen LogP contribution in [0.25, 0.3) is 27.8 Å². The quantitative estimate of drug-likeness (QED) is 0.434. The van der Waals surface area contributed by atoms with E-state index in [1.165, 1.54) is 39.2 Å². The molecule has 0 atom stereocenters. The van der Waals surface area contributed by atoms with Crippen LogP contribution in [0, 0.1) is 13.8 Å². The molecular formula is C22H19N. The Balaban J connectivity index is 2.17. The summed E-state index contributed by atoms with van der Waals surface area (Å²) < 4.78 is 2.37. The topological polar surface area (TPSA) is 4.41 Å². The van der Waals surface area contributed by atoms with Crippen LogP contribution in [0.2, 0.25) is 0 Å². The number of hydrogen-bond donors (Lipinski definition) is 0. The number of rotatable bonds is 2. The first-order valence-electron chi connectivity index (χ1n) is 7.99. The molecule has 0 saturated carbocycles. The van der Waals surface area contributed by atoms with Crippen LogP contribution >= 0.6 is 0 Å². The van der Waals surface area contributed by atoms with Crippen LogP contribution in [-0.2, 0) is 0 Å². The van der Waals surface area contributed by atoms with E-state index in [-0.39, 0.29) is 0 Å². The highest BCUT2D eigenvalue weighted by molar-refractivity contribution is 5.96. The van der Waals surface area contributed by atoms with Crippen molar-refractivity contribution in [2.45, 2.75) is 13.8 Å². The molecule has 2 aromatic carbocycles. The van der Waals surface area contributed by atoms with E-state index in [9.17, 15) is 0 Å². The van der Waals surface area contributed by atoms with Crippen LogP contribution in [0.15, 0.2) is 78.9 Å². The second-order valence-corrected chi connectivity index (χ2v) is 5.96. The third kappa shape index (κ3) is 2.17. The van der Waals surface area contributed by atoms with Gasteiger partial charge in [-0.05, 0) is 37.1 Å². The zero-order valence-corrected chi connectivity index (χ0v) is 13.5. The summed E-state index contributed by atoms with van der Waals surface area (Å²) in [4.78, 5) is 0. The van der Waals surface area contributed by atoms with Gasteiger partial charge in [0.05, 0.1) is 5.52 Å². The molecule has 0 spiro atoms. The van der Waals surface area contributed by atoms with E-state index in [2.05, 4.69) is 97.1 Å². The molecule has 2 heterocycles. The average Bonchev–Trinajstić information content (AvgIpc) is 2.90. The van der Waals surface area contributed by atoms with E-state index in [0.29, 0.717) is 0 Å². The fourth-order valence-electron chi connectivity index (χ4n) is 3.53. The fraction of sp³-hybridized carbons (Fsp3) is 0.0909. The molecule has 0 bridgehead atoms. The molecule has 0 aliphatic heterocycles. The predicted octanol–water partition coefficient (Wildman–Crippen LogP) is 5.89. The lowest BCUT2D eigenvalue weighted by atomic mass is 9.96. The zero-order valence-electron chi connectivity index (χ0n) is 13.5. The summed E-state index contributed by atoms with van der Waals surface area (Å²) in [6, 6.07) is 27.9. The SMILES string of the molecule is Cc1cccc2c(-c3ccccc3)c(-c3ccccc3)c(C)n12. The normalized spacial score (nSPS) is 11.0. The summed E-state index contributed by atoms with van der Waals surface area (Å²) >= 11 is 0. The molecular weight excluding hydrogens is 278 g/mol. The number of aromatic nitrogens is 1. The van der Waals surface area contributed by atoms with Gasteiger partial charge in [-0.2, -0.15) is 0 Å². The zero-order chi connectivity index (χ0) is 15.8. The van der Waals surface area contributed by atoms with Gasteiger partial charge in [-0.15, -0.1) is 0 Å². The molecule has 23 heavy (non-hydrogen) atoms. The van der Waals surface area contributed by atoms with Crippen molar-refractivity contribution in [3.05, 3.63) is 90.3 Å². The summed E-state index contributed by atoms with van der Waals surface area (Å²) in [5.41, 5.74) is 9.01. The van der Waals surface area contributed by atoms with Crippen LogP contribution in [0.3, 0.4) is 0 Å². The van der Waals surface area contributed by atoms with Gasteiger partial charge in [0.2, 0.25) is 0 Å². The molecule has 0 saturated heterocycles. The van der Waals surface area contributed by atoms with Crippen LogP contribution in [-0.4, -0.2) is 4.40 Å². The molecule has 0 radical (unpaired) electrons. The van der Waals surface area contributed by atoms with Crippen LogP contribution < -0.4 is 0 Å². The lowest BCUT2D eigenvalue weighted by Crippen LogP contribution is -1.92. The van der Waals surface area contributed by atoms with Crippen LogP contribution in [0.4, 0.5) is 0 Å². The number of fused-ring (bicyclic) bond motifs is 1.